The van der Waals surface area contributed by atoms with Crippen LogP contribution in [0, 0.1) is 0 Å². The Bertz CT molecular complexity index is 266. The molecular formula is C13H24N2O2. The normalized spacial score (nSPS) is 29.1. The Morgan fingerprint density at radius 2 is 2.18 bits per heavy atom. The van der Waals surface area contributed by atoms with Crippen molar-refractivity contribution in [3.05, 3.63) is 0 Å². The van der Waals surface area contributed by atoms with E-state index >= 15 is 0 Å². The molecule has 1 aliphatic heterocycles. The third-order valence-corrected chi connectivity index (χ3v) is 3.68. The maximum atomic E-state index is 12.0. The van der Waals surface area contributed by atoms with Crippen molar-refractivity contribution in [1.29, 1.82) is 0 Å². The lowest BCUT2D eigenvalue weighted by molar-refractivity contribution is -0.130. The summed E-state index contributed by atoms with van der Waals surface area (Å²) in [5.74, 6) is 0.258. The number of ether oxygens (including phenoxy) is 1. The molecule has 1 amide bonds. The smallest absolute Gasteiger partial charge is 0.236 e. The summed E-state index contributed by atoms with van der Waals surface area (Å²) in [6.07, 6.45) is 4.74. The molecule has 2 rings (SSSR count). The van der Waals surface area contributed by atoms with Crippen LogP contribution in [0.5, 0.6) is 0 Å². The number of rotatable bonds is 5. The van der Waals surface area contributed by atoms with Gasteiger partial charge in [-0.15, -0.1) is 0 Å². The second-order valence-electron chi connectivity index (χ2n) is 5.19. The molecule has 0 aromatic heterocycles. The Labute approximate surface area is 104 Å². The highest BCUT2D eigenvalue weighted by Crippen LogP contribution is 2.26. The van der Waals surface area contributed by atoms with E-state index in [1.54, 1.807) is 0 Å². The Morgan fingerprint density at radius 1 is 1.41 bits per heavy atom. The van der Waals surface area contributed by atoms with Crippen molar-refractivity contribution in [3.8, 4) is 0 Å². The van der Waals surface area contributed by atoms with Gasteiger partial charge in [0.2, 0.25) is 5.91 Å². The van der Waals surface area contributed by atoms with Gasteiger partial charge in [-0.3, -0.25) is 4.79 Å². The van der Waals surface area contributed by atoms with Crippen LogP contribution in [0.3, 0.4) is 0 Å². The minimum Gasteiger partial charge on any atom is -0.378 e. The van der Waals surface area contributed by atoms with E-state index in [4.69, 9.17) is 4.74 Å². The average molecular weight is 240 g/mol. The van der Waals surface area contributed by atoms with E-state index < -0.39 is 0 Å². The van der Waals surface area contributed by atoms with E-state index in [2.05, 4.69) is 19.2 Å². The quantitative estimate of drug-likeness (QED) is 0.784. The van der Waals surface area contributed by atoms with E-state index in [0.29, 0.717) is 24.7 Å². The molecule has 1 N–H and O–H groups in total. The summed E-state index contributed by atoms with van der Waals surface area (Å²) >= 11 is 0. The lowest BCUT2D eigenvalue weighted by Gasteiger charge is -2.29. The van der Waals surface area contributed by atoms with Crippen molar-refractivity contribution in [2.45, 2.75) is 57.7 Å². The van der Waals surface area contributed by atoms with E-state index in [1.807, 2.05) is 4.90 Å². The highest BCUT2D eigenvalue weighted by atomic mass is 16.5. The molecule has 1 aliphatic carbocycles. The van der Waals surface area contributed by atoms with Crippen LogP contribution in [0.4, 0.5) is 0 Å². The summed E-state index contributed by atoms with van der Waals surface area (Å²) in [5.41, 5.74) is 0. The van der Waals surface area contributed by atoms with Crippen LogP contribution in [-0.4, -0.2) is 48.7 Å². The van der Waals surface area contributed by atoms with Crippen LogP contribution in [0.2, 0.25) is 0 Å². The number of carbonyl (C=O) groups excluding carboxylic acids is 1. The Kier molecular flexibility index (Phi) is 4.40. The molecule has 0 bridgehead atoms. The second kappa shape index (κ2) is 5.83. The number of nitrogens with zero attached hydrogens (tertiary/aromatic N) is 1. The molecule has 2 unspecified atom stereocenters. The zero-order valence-electron chi connectivity index (χ0n) is 10.9. The second-order valence-corrected chi connectivity index (χ2v) is 5.19. The molecular weight excluding hydrogens is 216 g/mol. The SMILES string of the molecule is CCN(C(=O)CNC1CCOC(C)C1)C1CC1. The van der Waals surface area contributed by atoms with Crippen LogP contribution in [-0.2, 0) is 9.53 Å². The van der Waals surface area contributed by atoms with Crippen LogP contribution >= 0.6 is 0 Å². The molecule has 0 spiro atoms. The van der Waals surface area contributed by atoms with Crippen molar-refractivity contribution < 1.29 is 9.53 Å². The standard InChI is InChI=1S/C13H24N2O2/c1-3-15(12-4-5-12)13(16)9-14-11-6-7-17-10(2)8-11/h10-12,14H,3-9H2,1-2H3. The Hall–Kier alpha value is -0.610. The number of carbonyl (C=O) groups is 1. The summed E-state index contributed by atoms with van der Waals surface area (Å²) in [7, 11) is 0. The summed E-state index contributed by atoms with van der Waals surface area (Å²) < 4.78 is 5.50. The maximum Gasteiger partial charge on any atom is 0.236 e. The van der Waals surface area contributed by atoms with E-state index in [9.17, 15) is 4.79 Å². The molecule has 1 saturated carbocycles. The van der Waals surface area contributed by atoms with Gasteiger partial charge in [-0.25, -0.2) is 0 Å². The first-order valence-electron chi connectivity index (χ1n) is 6.85. The van der Waals surface area contributed by atoms with Crippen LogP contribution in [0.25, 0.3) is 0 Å². The van der Waals surface area contributed by atoms with Gasteiger partial charge in [-0.2, -0.15) is 0 Å². The number of hydrogen-bond acceptors (Lipinski definition) is 3. The topological polar surface area (TPSA) is 41.6 Å². The fourth-order valence-corrected chi connectivity index (χ4v) is 2.54. The van der Waals surface area contributed by atoms with Gasteiger partial charge in [0.25, 0.3) is 0 Å². The van der Waals surface area contributed by atoms with Crippen LogP contribution in [0.15, 0.2) is 0 Å². The van der Waals surface area contributed by atoms with Gasteiger partial charge in [0.1, 0.15) is 0 Å². The first-order chi connectivity index (χ1) is 8.20. The lowest BCUT2D eigenvalue weighted by Crippen LogP contribution is -2.45. The maximum absolute atomic E-state index is 12.0. The zero-order chi connectivity index (χ0) is 12.3. The molecule has 17 heavy (non-hydrogen) atoms. The van der Waals surface area contributed by atoms with E-state index in [1.165, 1.54) is 12.8 Å². The summed E-state index contributed by atoms with van der Waals surface area (Å²) in [6.45, 7) is 6.30. The van der Waals surface area contributed by atoms with Crippen molar-refractivity contribution in [2.24, 2.45) is 0 Å². The number of hydrogen-bond donors (Lipinski definition) is 1. The molecule has 1 heterocycles. The van der Waals surface area contributed by atoms with Crippen LogP contribution in [0.1, 0.15) is 39.5 Å². The van der Waals surface area contributed by atoms with Crippen molar-refractivity contribution in [1.82, 2.24) is 10.2 Å². The van der Waals surface area contributed by atoms with Crippen molar-refractivity contribution in [3.63, 3.8) is 0 Å². The fraction of sp³-hybridized carbons (Fsp3) is 0.923. The van der Waals surface area contributed by atoms with E-state index in [0.717, 1.165) is 26.0 Å². The molecule has 1 saturated heterocycles. The number of nitrogens with one attached hydrogen (secondary N) is 1. The molecule has 2 fully saturated rings. The summed E-state index contributed by atoms with van der Waals surface area (Å²) in [5, 5.41) is 3.38. The minimum atomic E-state index is 0.258. The fourth-order valence-electron chi connectivity index (χ4n) is 2.54. The van der Waals surface area contributed by atoms with Gasteiger partial charge in [0.15, 0.2) is 0 Å². The van der Waals surface area contributed by atoms with Gasteiger partial charge in [0, 0.05) is 25.2 Å². The van der Waals surface area contributed by atoms with E-state index in [-0.39, 0.29) is 5.91 Å². The molecule has 98 valence electrons. The predicted octanol–water partition coefficient (Wildman–Crippen LogP) is 1.15. The van der Waals surface area contributed by atoms with Gasteiger partial charge >= 0.3 is 0 Å². The molecule has 0 aromatic rings. The third-order valence-electron chi connectivity index (χ3n) is 3.68. The monoisotopic (exact) mass is 240 g/mol. The highest BCUT2D eigenvalue weighted by molar-refractivity contribution is 5.78. The molecule has 4 nitrogen and oxygen atoms in total. The predicted molar refractivity (Wildman–Crippen MR) is 66.8 cm³/mol. The Balaban J connectivity index is 1.71. The zero-order valence-corrected chi connectivity index (χ0v) is 10.9. The molecule has 2 aliphatic rings. The van der Waals surface area contributed by atoms with Gasteiger partial charge in [0.05, 0.1) is 12.6 Å². The molecule has 0 aromatic carbocycles. The molecule has 4 heteroatoms. The highest BCUT2D eigenvalue weighted by Gasteiger charge is 2.31. The first kappa shape index (κ1) is 12.8. The van der Waals surface area contributed by atoms with Gasteiger partial charge < -0.3 is 15.0 Å². The van der Waals surface area contributed by atoms with Gasteiger partial charge in [-0.1, -0.05) is 0 Å². The third kappa shape index (κ3) is 3.68. The molecule has 2 atom stereocenters. The number of likely N-dealkylation sites (N-methyl/N-ethyl adjacent to an activating group) is 1. The number of amides is 1. The summed E-state index contributed by atoms with van der Waals surface area (Å²) in [6, 6.07) is 0.975. The minimum absolute atomic E-state index is 0.258. The average Bonchev–Trinajstić information content (AvgIpc) is 3.12. The van der Waals surface area contributed by atoms with Crippen molar-refractivity contribution in [2.75, 3.05) is 19.7 Å². The Morgan fingerprint density at radius 3 is 2.76 bits per heavy atom. The van der Waals surface area contributed by atoms with Crippen LogP contribution < -0.4 is 5.32 Å². The first-order valence-corrected chi connectivity index (χ1v) is 6.85. The lowest BCUT2D eigenvalue weighted by atomic mass is 10.0. The largest absolute Gasteiger partial charge is 0.378 e. The summed E-state index contributed by atoms with van der Waals surface area (Å²) in [4.78, 5) is 14.0. The molecule has 0 radical (unpaired) electrons. The van der Waals surface area contributed by atoms with Gasteiger partial charge in [-0.05, 0) is 39.5 Å². The van der Waals surface area contributed by atoms with Crippen molar-refractivity contribution >= 4 is 5.91 Å².